The minimum Gasteiger partial charge on any atom is -0.494 e. The summed E-state index contributed by atoms with van der Waals surface area (Å²) in [4.78, 5) is 0. The monoisotopic (exact) mass is 283 g/mol. The Balaban J connectivity index is 2.79. The molecule has 0 fully saturated rings. The Morgan fingerprint density at radius 3 is 2.68 bits per heavy atom. The molecule has 0 heterocycles. The molecule has 108 valence electrons. The number of hydrogen-bond acceptors (Lipinski definition) is 4. The lowest BCUT2D eigenvalue weighted by Gasteiger charge is -2.22. The van der Waals surface area contributed by atoms with E-state index in [4.69, 9.17) is 9.84 Å². The average Bonchev–Trinajstić information content (AvgIpc) is 2.44. The molecule has 0 saturated heterocycles. The molecule has 2 atom stereocenters. The van der Waals surface area contributed by atoms with Crippen LogP contribution in [0.5, 0.6) is 5.75 Å². The van der Waals surface area contributed by atoms with Crippen molar-refractivity contribution in [2.75, 3.05) is 25.5 Å². The van der Waals surface area contributed by atoms with E-state index in [0.29, 0.717) is 6.61 Å². The molecule has 0 bridgehead atoms. The summed E-state index contributed by atoms with van der Waals surface area (Å²) >= 11 is 1.78. The summed E-state index contributed by atoms with van der Waals surface area (Å²) in [6.45, 7) is 7.96. The molecule has 0 radical (unpaired) electrons. The van der Waals surface area contributed by atoms with Crippen LogP contribution in [0.15, 0.2) is 24.3 Å². The second-order valence-electron chi connectivity index (χ2n) is 4.41. The van der Waals surface area contributed by atoms with E-state index in [-0.39, 0.29) is 17.9 Å². The van der Waals surface area contributed by atoms with E-state index < -0.39 is 0 Å². The van der Waals surface area contributed by atoms with Gasteiger partial charge in [-0.2, -0.15) is 11.8 Å². The van der Waals surface area contributed by atoms with Gasteiger partial charge in [-0.1, -0.05) is 32.0 Å². The molecule has 0 saturated carbocycles. The summed E-state index contributed by atoms with van der Waals surface area (Å²) < 4.78 is 5.70. The molecule has 3 nitrogen and oxygen atoms in total. The maximum Gasteiger partial charge on any atom is 0.124 e. The molecule has 2 unspecified atom stereocenters. The molecule has 1 aromatic rings. The van der Waals surface area contributed by atoms with Gasteiger partial charge in [0.05, 0.1) is 13.2 Å². The Labute approximate surface area is 120 Å². The van der Waals surface area contributed by atoms with Gasteiger partial charge in [0, 0.05) is 22.6 Å². The molecule has 0 spiro atoms. The highest BCUT2D eigenvalue weighted by molar-refractivity contribution is 7.99. The lowest BCUT2D eigenvalue weighted by molar-refractivity contribution is 0.300. The first-order valence-electron chi connectivity index (χ1n) is 6.90. The predicted molar refractivity (Wildman–Crippen MR) is 83.0 cm³/mol. The van der Waals surface area contributed by atoms with E-state index in [9.17, 15) is 0 Å². The first-order chi connectivity index (χ1) is 9.22. The number of ether oxygens (including phenoxy) is 1. The molecular formula is C15H25NO2S. The Bertz CT molecular complexity index is 360. The summed E-state index contributed by atoms with van der Waals surface area (Å²) in [7, 11) is 0. The van der Waals surface area contributed by atoms with Gasteiger partial charge in [0.2, 0.25) is 0 Å². The lowest BCUT2D eigenvalue weighted by atomic mass is 10.1. The van der Waals surface area contributed by atoms with E-state index in [1.165, 1.54) is 5.56 Å². The molecule has 1 aromatic carbocycles. The van der Waals surface area contributed by atoms with Gasteiger partial charge in [-0.25, -0.2) is 0 Å². The van der Waals surface area contributed by atoms with Crippen molar-refractivity contribution < 1.29 is 9.84 Å². The molecule has 4 heteroatoms. The van der Waals surface area contributed by atoms with Crippen molar-refractivity contribution >= 4 is 11.8 Å². The third kappa shape index (κ3) is 5.43. The molecule has 0 aromatic heterocycles. The van der Waals surface area contributed by atoms with Gasteiger partial charge in [-0.05, 0) is 19.5 Å². The number of nitrogens with one attached hydrogen (secondary N) is 1. The predicted octanol–water partition coefficient (Wildman–Crippen LogP) is 2.85. The van der Waals surface area contributed by atoms with Gasteiger partial charge in [0.15, 0.2) is 0 Å². The second kappa shape index (κ2) is 9.23. The standard InChI is InChI=1S/C15H25NO2S/c1-4-16-14(11-19-12(3)10-17)13-8-6-7-9-15(13)18-5-2/h6-9,12,14,16-17H,4-5,10-11H2,1-3H3. The van der Waals surface area contributed by atoms with E-state index in [1.807, 2.05) is 32.0 Å². The topological polar surface area (TPSA) is 41.5 Å². The van der Waals surface area contributed by atoms with Crippen molar-refractivity contribution in [2.24, 2.45) is 0 Å². The Morgan fingerprint density at radius 1 is 1.32 bits per heavy atom. The zero-order valence-corrected chi connectivity index (χ0v) is 12.9. The minimum atomic E-state index is 0.219. The molecule has 0 aliphatic heterocycles. The highest BCUT2D eigenvalue weighted by Gasteiger charge is 2.16. The maximum absolute atomic E-state index is 9.12. The summed E-state index contributed by atoms with van der Waals surface area (Å²) in [5.74, 6) is 1.88. The summed E-state index contributed by atoms with van der Waals surface area (Å²) in [6.07, 6.45) is 0. The second-order valence-corrected chi connectivity index (χ2v) is 5.88. The zero-order chi connectivity index (χ0) is 14.1. The Morgan fingerprint density at radius 2 is 2.05 bits per heavy atom. The largest absolute Gasteiger partial charge is 0.494 e. The number of hydrogen-bond donors (Lipinski definition) is 2. The van der Waals surface area contributed by atoms with Crippen LogP contribution >= 0.6 is 11.8 Å². The van der Waals surface area contributed by atoms with Crippen LogP contribution < -0.4 is 10.1 Å². The molecule has 0 amide bonds. The molecule has 0 aliphatic carbocycles. The zero-order valence-electron chi connectivity index (χ0n) is 12.1. The quantitative estimate of drug-likeness (QED) is 0.731. The van der Waals surface area contributed by atoms with Gasteiger partial charge in [0.1, 0.15) is 5.75 Å². The SMILES string of the molecule is CCNC(CSC(C)CO)c1ccccc1OCC. The molecule has 1 rings (SSSR count). The van der Waals surface area contributed by atoms with Gasteiger partial charge in [-0.3, -0.25) is 0 Å². The highest BCUT2D eigenvalue weighted by Crippen LogP contribution is 2.28. The van der Waals surface area contributed by atoms with Crippen molar-refractivity contribution in [1.29, 1.82) is 0 Å². The van der Waals surface area contributed by atoms with E-state index in [2.05, 4.69) is 18.3 Å². The van der Waals surface area contributed by atoms with E-state index >= 15 is 0 Å². The van der Waals surface area contributed by atoms with Crippen LogP contribution in [0.25, 0.3) is 0 Å². The van der Waals surface area contributed by atoms with Gasteiger partial charge >= 0.3 is 0 Å². The molecular weight excluding hydrogens is 258 g/mol. The molecule has 2 N–H and O–H groups in total. The van der Waals surface area contributed by atoms with Crippen LogP contribution in [0.4, 0.5) is 0 Å². The normalized spacial score (nSPS) is 14.1. The van der Waals surface area contributed by atoms with Crippen molar-refractivity contribution in [2.45, 2.75) is 32.1 Å². The Kier molecular flexibility index (Phi) is 7.94. The average molecular weight is 283 g/mol. The van der Waals surface area contributed by atoms with Crippen LogP contribution in [-0.4, -0.2) is 35.9 Å². The number of benzene rings is 1. The highest BCUT2D eigenvalue weighted by atomic mass is 32.2. The van der Waals surface area contributed by atoms with Crippen LogP contribution in [0.3, 0.4) is 0 Å². The van der Waals surface area contributed by atoms with Crippen LogP contribution in [-0.2, 0) is 0 Å². The lowest BCUT2D eigenvalue weighted by Crippen LogP contribution is -2.24. The number of aliphatic hydroxyl groups is 1. The fraction of sp³-hybridized carbons (Fsp3) is 0.600. The van der Waals surface area contributed by atoms with Crippen LogP contribution in [0.2, 0.25) is 0 Å². The number of thioether (sulfide) groups is 1. The maximum atomic E-state index is 9.12. The van der Waals surface area contributed by atoms with Gasteiger partial charge in [-0.15, -0.1) is 0 Å². The minimum absolute atomic E-state index is 0.219. The third-order valence-electron chi connectivity index (χ3n) is 2.85. The molecule has 19 heavy (non-hydrogen) atoms. The first kappa shape index (κ1) is 16.3. The number of rotatable bonds is 9. The Hall–Kier alpha value is -0.710. The number of para-hydroxylation sites is 1. The van der Waals surface area contributed by atoms with Crippen molar-refractivity contribution in [3.05, 3.63) is 29.8 Å². The smallest absolute Gasteiger partial charge is 0.124 e. The summed E-state index contributed by atoms with van der Waals surface area (Å²) in [5.41, 5.74) is 1.20. The van der Waals surface area contributed by atoms with Crippen molar-refractivity contribution in [1.82, 2.24) is 5.32 Å². The van der Waals surface area contributed by atoms with Crippen LogP contribution in [0, 0.1) is 0 Å². The van der Waals surface area contributed by atoms with Gasteiger partial charge in [0.25, 0.3) is 0 Å². The van der Waals surface area contributed by atoms with E-state index in [1.54, 1.807) is 11.8 Å². The first-order valence-corrected chi connectivity index (χ1v) is 7.95. The fourth-order valence-electron chi connectivity index (χ4n) is 1.87. The van der Waals surface area contributed by atoms with Crippen molar-refractivity contribution in [3.63, 3.8) is 0 Å². The molecule has 0 aliphatic rings. The fourth-order valence-corrected chi connectivity index (χ4v) is 2.80. The van der Waals surface area contributed by atoms with Crippen molar-refractivity contribution in [3.8, 4) is 5.75 Å². The van der Waals surface area contributed by atoms with Gasteiger partial charge < -0.3 is 15.2 Å². The summed E-state index contributed by atoms with van der Waals surface area (Å²) in [5, 5.41) is 12.9. The summed E-state index contributed by atoms with van der Waals surface area (Å²) in [6, 6.07) is 8.43. The number of aliphatic hydroxyl groups excluding tert-OH is 1. The van der Waals surface area contributed by atoms with Crippen LogP contribution in [0.1, 0.15) is 32.4 Å². The third-order valence-corrected chi connectivity index (χ3v) is 4.09. The van der Waals surface area contributed by atoms with E-state index in [0.717, 1.165) is 18.0 Å².